The zero-order chi connectivity index (χ0) is 3.41. The molecule has 0 radical (unpaired) electrons. The van der Waals surface area contributed by atoms with Gasteiger partial charge in [-0.25, -0.2) is 0 Å². The molecule has 0 saturated heterocycles. The molecule has 2 heteroatoms. The SMILES string of the molecule is C=C[CH2][Mg+].[I-]. The van der Waals surface area contributed by atoms with Crippen LogP contribution < -0.4 is 24.0 Å². The average molecular weight is 192 g/mol. The Morgan fingerprint density at radius 1 is 1.80 bits per heavy atom. The molecule has 0 aromatic heterocycles. The van der Waals surface area contributed by atoms with Gasteiger partial charge in [-0.3, -0.25) is 0 Å². The molecule has 0 fully saturated rings. The Balaban J connectivity index is 0. The summed E-state index contributed by atoms with van der Waals surface area (Å²) in [6, 6.07) is 0. The second-order valence-corrected chi connectivity index (χ2v) is 1.15. The van der Waals surface area contributed by atoms with Gasteiger partial charge >= 0.3 is 38.9 Å². The topological polar surface area (TPSA) is 0 Å². The minimum atomic E-state index is 0. The van der Waals surface area contributed by atoms with Gasteiger partial charge < -0.3 is 24.0 Å². The first kappa shape index (κ1) is 9.53. The number of allylic oxidation sites excluding steroid dienone is 1. The molecule has 0 saturated carbocycles. The third-order valence-corrected chi connectivity index (χ3v) is 0.612. The molecular formula is C3H5IMg. The van der Waals surface area contributed by atoms with Gasteiger partial charge in [0.2, 0.25) is 0 Å². The number of hydrogen-bond acceptors (Lipinski definition) is 0. The number of halogens is 1. The van der Waals surface area contributed by atoms with Gasteiger partial charge in [-0.15, -0.1) is 0 Å². The summed E-state index contributed by atoms with van der Waals surface area (Å²) >= 11 is 1.90. The summed E-state index contributed by atoms with van der Waals surface area (Å²) in [4.78, 5) is 0. The van der Waals surface area contributed by atoms with Crippen LogP contribution in [0, 0.1) is 0 Å². The van der Waals surface area contributed by atoms with E-state index < -0.39 is 0 Å². The van der Waals surface area contributed by atoms with E-state index in [2.05, 4.69) is 6.58 Å². The molecule has 0 aromatic rings. The van der Waals surface area contributed by atoms with E-state index in [0.29, 0.717) is 0 Å². The minimum Gasteiger partial charge on any atom is -1.00 e. The summed E-state index contributed by atoms with van der Waals surface area (Å²) < 4.78 is 1.11. The number of hydrogen-bond donors (Lipinski definition) is 0. The van der Waals surface area contributed by atoms with E-state index in [4.69, 9.17) is 0 Å². The molecule has 0 N–H and O–H groups in total. The molecule has 0 aliphatic rings. The molecule has 0 unspecified atom stereocenters. The third kappa shape index (κ3) is 11.0. The molecule has 0 spiro atoms. The third-order valence-electron chi connectivity index (χ3n) is 0.204. The van der Waals surface area contributed by atoms with Gasteiger partial charge in [0.05, 0.1) is 0 Å². The van der Waals surface area contributed by atoms with E-state index in [-0.39, 0.29) is 24.0 Å². The van der Waals surface area contributed by atoms with Crippen LogP contribution in [0.25, 0.3) is 0 Å². The summed E-state index contributed by atoms with van der Waals surface area (Å²) in [6.07, 6.45) is 1.89. The molecule has 0 amide bonds. The van der Waals surface area contributed by atoms with E-state index in [1.165, 1.54) is 0 Å². The van der Waals surface area contributed by atoms with Crippen LogP contribution in [-0.4, -0.2) is 21.7 Å². The van der Waals surface area contributed by atoms with Gasteiger partial charge in [0, 0.05) is 0 Å². The standard InChI is InChI=1S/C3H5.HI.Mg/c1-3-2;;/h3H,1-2H2;1H;/q;;+1/p-1. The maximum atomic E-state index is 3.49. The first-order chi connectivity index (χ1) is 1.91. The maximum Gasteiger partial charge on any atom is -1.00 e. The largest absolute Gasteiger partial charge is 1.00 e. The Hall–Kier alpha value is 1.24. The zero-order valence-electron chi connectivity index (χ0n) is 3.08. The van der Waals surface area contributed by atoms with Crippen molar-refractivity contribution in [1.82, 2.24) is 0 Å². The second kappa shape index (κ2) is 8.97. The van der Waals surface area contributed by atoms with E-state index in [1.54, 1.807) is 0 Å². The Bertz CT molecular complexity index is 20.9. The predicted molar refractivity (Wildman–Crippen MR) is 20.8 cm³/mol. The zero-order valence-corrected chi connectivity index (χ0v) is 6.65. The smallest absolute Gasteiger partial charge is 1.00 e. The molecule has 0 heterocycles. The van der Waals surface area contributed by atoms with Crippen LogP contribution in [0.5, 0.6) is 0 Å². The Morgan fingerprint density at radius 3 is 2.00 bits per heavy atom. The summed E-state index contributed by atoms with van der Waals surface area (Å²) in [7, 11) is 0. The second-order valence-electron chi connectivity index (χ2n) is 0.577. The van der Waals surface area contributed by atoms with E-state index >= 15 is 0 Å². The van der Waals surface area contributed by atoms with Crippen LogP contribution in [0.4, 0.5) is 0 Å². The summed E-state index contributed by atoms with van der Waals surface area (Å²) in [5.41, 5.74) is 0. The maximum absolute atomic E-state index is 3.49. The van der Waals surface area contributed by atoms with Crippen LogP contribution in [0.3, 0.4) is 0 Å². The van der Waals surface area contributed by atoms with Gasteiger partial charge in [0.15, 0.2) is 0 Å². The molecule has 0 bridgehead atoms. The predicted octanol–water partition coefficient (Wildman–Crippen LogP) is -2.24. The molecule has 0 nitrogen and oxygen atoms in total. The number of rotatable bonds is 1. The van der Waals surface area contributed by atoms with Crippen molar-refractivity contribution < 1.29 is 24.0 Å². The van der Waals surface area contributed by atoms with Crippen LogP contribution in [0.1, 0.15) is 0 Å². The van der Waals surface area contributed by atoms with Crippen molar-refractivity contribution >= 4 is 21.7 Å². The molecule has 0 atom stereocenters. The quantitative estimate of drug-likeness (QED) is 0.250. The summed E-state index contributed by atoms with van der Waals surface area (Å²) in [5.74, 6) is 0. The van der Waals surface area contributed by atoms with E-state index in [1.807, 2.05) is 27.8 Å². The fraction of sp³-hybridized carbons (Fsp3) is 0.333. The Labute approximate surface area is 62.5 Å². The van der Waals surface area contributed by atoms with E-state index in [0.717, 1.165) is 4.55 Å². The van der Waals surface area contributed by atoms with Crippen molar-refractivity contribution in [2.45, 2.75) is 4.55 Å². The molecule has 0 aliphatic carbocycles. The molecule has 0 rings (SSSR count). The molecule has 26 valence electrons. The van der Waals surface area contributed by atoms with Gasteiger partial charge in [-0.05, 0) is 0 Å². The normalized spacial score (nSPS) is 5.20. The monoisotopic (exact) mass is 192 g/mol. The Kier molecular flexibility index (Phi) is 17.1. The van der Waals surface area contributed by atoms with Gasteiger partial charge in [0.25, 0.3) is 0 Å². The molecule has 0 aromatic carbocycles. The van der Waals surface area contributed by atoms with Crippen molar-refractivity contribution in [2.24, 2.45) is 0 Å². The van der Waals surface area contributed by atoms with E-state index in [9.17, 15) is 0 Å². The van der Waals surface area contributed by atoms with Crippen LogP contribution in [0.2, 0.25) is 4.55 Å². The molecule has 5 heavy (non-hydrogen) atoms. The van der Waals surface area contributed by atoms with Crippen molar-refractivity contribution in [3.63, 3.8) is 0 Å². The fourth-order valence-electron chi connectivity index (χ4n) is 0. The van der Waals surface area contributed by atoms with Crippen LogP contribution in [0.15, 0.2) is 12.7 Å². The van der Waals surface area contributed by atoms with Crippen molar-refractivity contribution in [2.75, 3.05) is 0 Å². The minimum absolute atomic E-state index is 0. The van der Waals surface area contributed by atoms with Crippen molar-refractivity contribution in [1.29, 1.82) is 0 Å². The van der Waals surface area contributed by atoms with Crippen LogP contribution in [-0.2, 0) is 0 Å². The van der Waals surface area contributed by atoms with Gasteiger partial charge in [-0.1, -0.05) is 0 Å². The first-order valence-electron chi connectivity index (χ1n) is 1.32. The van der Waals surface area contributed by atoms with Gasteiger partial charge in [0.1, 0.15) is 0 Å². The summed E-state index contributed by atoms with van der Waals surface area (Å²) in [6.45, 7) is 3.49. The van der Waals surface area contributed by atoms with Crippen molar-refractivity contribution in [3.05, 3.63) is 12.7 Å². The summed E-state index contributed by atoms with van der Waals surface area (Å²) in [5, 5.41) is 0. The molecular weight excluding hydrogens is 187 g/mol. The fourth-order valence-corrected chi connectivity index (χ4v) is 0. The Morgan fingerprint density at radius 2 is 2.00 bits per heavy atom. The first-order valence-corrected chi connectivity index (χ1v) is 2.32. The van der Waals surface area contributed by atoms with Crippen molar-refractivity contribution in [3.8, 4) is 0 Å². The average Bonchev–Trinajstić information content (AvgIpc) is 1.37. The van der Waals surface area contributed by atoms with Crippen LogP contribution >= 0.6 is 0 Å². The van der Waals surface area contributed by atoms with Gasteiger partial charge in [-0.2, -0.15) is 0 Å². The molecule has 0 aliphatic heterocycles.